The van der Waals surface area contributed by atoms with Gasteiger partial charge in [0.15, 0.2) is 0 Å². The molecule has 3 rings (SSSR count). The van der Waals surface area contributed by atoms with Crippen LogP contribution in [-0.4, -0.2) is 39.4 Å². The van der Waals surface area contributed by atoms with Crippen LogP contribution in [0, 0.1) is 0 Å². The largest absolute Gasteiger partial charge is 0.466 e. The number of esters is 2. The van der Waals surface area contributed by atoms with E-state index in [1.54, 1.807) is 4.90 Å². The summed E-state index contributed by atoms with van der Waals surface area (Å²) in [4.78, 5) is 28.9. The maximum Gasteiger partial charge on any atom is 0.355 e. The molecule has 0 aromatic heterocycles. The van der Waals surface area contributed by atoms with E-state index in [9.17, 15) is 9.59 Å². The van der Waals surface area contributed by atoms with Crippen LogP contribution in [-0.2, 0) is 19.1 Å². The Hall–Kier alpha value is -2.32. The Morgan fingerprint density at radius 3 is 1.93 bits per heavy atom. The van der Waals surface area contributed by atoms with Gasteiger partial charge in [-0.05, 0) is 56.1 Å². The summed E-state index contributed by atoms with van der Waals surface area (Å²) in [6, 6.07) is 15.2. The van der Waals surface area contributed by atoms with E-state index >= 15 is 0 Å². The van der Waals surface area contributed by atoms with Crippen molar-refractivity contribution in [2.24, 2.45) is 0 Å². The van der Waals surface area contributed by atoms with Gasteiger partial charge in [-0.3, -0.25) is 0 Å². The topological polar surface area (TPSA) is 59.1 Å². The maximum absolute atomic E-state index is 12.6. The van der Waals surface area contributed by atoms with Crippen LogP contribution in [0.5, 0.6) is 0 Å². The number of para-hydroxylation sites is 2. The van der Waals surface area contributed by atoms with E-state index in [0.29, 0.717) is 6.67 Å². The van der Waals surface area contributed by atoms with Crippen LogP contribution in [0.2, 0.25) is 0 Å². The SMILES string of the molecule is COC(=O)C1=C(C(=O)OC)N(c2ccccc2Br)CN(c2ccccc2Br)C1. The van der Waals surface area contributed by atoms with E-state index in [-0.39, 0.29) is 17.8 Å². The van der Waals surface area contributed by atoms with E-state index in [1.807, 2.05) is 53.4 Å². The van der Waals surface area contributed by atoms with E-state index in [2.05, 4.69) is 31.9 Å². The zero-order valence-electron chi connectivity index (χ0n) is 15.3. The predicted octanol–water partition coefficient (Wildman–Crippen LogP) is 4.10. The summed E-state index contributed by atoms with van der Waals surface area (Å²) in [6.07, 6.45) is 0. The van der Waals surface area contributed by atoms with Gasteiger partial charge in [0.1, 0.15) is 5.70 Å². The minimum absolute atomic E-state index is 0.171. The van der Waals surface area contributed by atoms with Gasteiger partial charge in [0.2, 0.25) is 0 Å². The van der Waals surface area contributed by atoms with Crippen molar-refractivity contribution in [2.45, 2.75) is 0 Å². The number of hydrogen-bond acceptors (Lipinski definition) is 6. The highest BCUT2D eigenvalue weighted by atomic mass is 79.9. The number of ether oxygens (including phenoxy) is 2. The van der Waals surface area contributed by atoms with Crippen molar-refractivity contribution in [1.82, 2.24) is 0 Å². The van der Waals surface area contributed by atoms with Crippen LogP contribution in [0.15, 0.2) is 68.7 Å². The molecule has 0 N–H and O–H groups in total. The average Bonchev–Trinajstić information content (AvgIpc) is 2.72. The molecule has 0 spiro atoms. The lowest BCUT2D eigenvalue weighted by Crippen LogP contribution is -2.48. The average molecular weight is 510 g/mol. The first-order valence-electron chi connectivity index (χ1n) is 8.39. The zero-order valence-corrected chi connectivity index (χ0v) is 18.5. The van der Waals surface area contributed by atoms with E-state index in [1.165, 1.54) is 14.2 Å². The smallest absolute Gasteiger partial charge is 0.355 e. The molecule has 2 aromatic carbocycles. The molecular formula is C20H18Br2N2O4. The summed E-state index contributed by atoms with van der Waals surface area (Å²) in [5.41, 5.74) is 2.03. The Balaban J connectivity index is 2.20. The third-order valence-electron chi connectivity index (χ3n) is 4.36. The number of carbonyl (C=O) groups is 2. The lowest BCUT2D eigenvalue weighted by Gasteiger charge is -2.40. The van der Waals surface area contributed by atoms with Gasteiger partial charge in [-0.15, -0.1) is 0 Å². The molecule has 0 saturated carbocycles. The minimum Gasteiger partial charge on any atom is -0.466 e. The molecule has 2 aromatic rings. The van der Waals surface area contributed by atoms with E-state index in [4.69, 9.17) is 9.47 Å². The summed E-state index contributed by atoms with van der Waals surface area (Å²) in [6.45, 7) is 0.552. The van der Waals surface area contributed by atoms with Crippen molar-refractivity contribution in [3.8, 4) is 0 Å². The molecule has 1 heterocycles. The molecule has 0 amide bonds. The van der Waals surface area contributed by atoms with Crippen LogP contribution in [0.3, 0.4) is 0 Å². The second-order valence-electron chi connectivity index (χ2n) is 5.98. The molecule has 146 valence electrons. The molecule has 0 saturated heterocycles. The van der Waals surface area contributed by atoms with E-state index < -0.39 is 11.9 Å². The Morgan fingerprint density at radius 1 is 0.857 bits per heavy atom. The first kappa shape index (κ1) is 20.4. The summed E-state index contributed by atoms with van der Waals surface area (Å²) in [7, 11) is 2.59. The fourth-order valence-electron chi connectivity index (χ4n) is 3.07. The number of anilines is 2. The first-order valence-corrected chi connectivity index (χ1v) is 9.97. The van der Waals surface area contributed by atoms with Crippen LogP contribution in [0.1, 0.15) is 0 Å². The van der Waals surface area contributed by atoms with Crippen LogP contribution in [0.25, 0.3) is 0 Å². The van der Waals surface area contributed by atoms with Crippen LogP contribution >= 0.6 is 31.9 Å². The number of benzene rings is 2. The Kier molecular flexibility index (Phi) is 6.41. The van der Waals surface area contributed by atoms with Crippen molar-refractivity contribution in [3.63, 3.8) is 0 Å². The zero-order chi connectivity index (χ0) is 20.3. The minimum atomic E-state index is -0.595. The molecule has 0 aliphatic carbocycles. The highest BCUT2D eigenvalue weighted by Crippen LogP contribution is 2.36. The Bertz CT molecular complexity index is 945. The summed E-state index contributed by atoms with van der Waals surface area (Å²) in [5.74, 6) is -1.17. The highest BCUT2D eigenvalue weighted by molar-refractivity contribution is 9.11. The molecule has 0 atom stereocenters. The van der Waals surface area contributed by atoms with Crippen LogP contribution < -0.4 is 9.80 Å². The van der Waals surface area contributed by atoms with Gasteiger partial charge in [0, 0.05) is 8.95 Å². The molecule has 1 aliphatic rings. The third kappa shape index (κ3) is 3.93. The number of methoxy groups -OCH3 is 2. The maximum atomic E-state index is 12.6. The number of nitrogens with zero attached hydrogens (tertiary/aromatic N) is 2. The number of carbonyl (C=O) groups excluding carboxylic acids is 2. The lowest BCUT2D eigenvalue weighted by molar-refractivity contribution is -0.139. The van der Waals surface area contributed by atoms with Gasteiger partial charge in [-0.1, -0.05) is 24.3 Å². The fraction of sp³-hybridized carbons (Fsp3) is 0.200. The van der Waals surface area contributed by atoms with Crippen molar-refractivity contribution >= 4 is 55.2 Å². The van der Waals surface area contributed by atoms with Gasteiger partial charge in [0.05, 0.1) is 44.4 Å². The van der Waals surface area contributed by atoms with E-state index in [0.717, 1.165) is 20.3 Å². The van der Waals surface area contributed by atoms with Gasteiger partial charge in [-0.25, -0.2) is 9.59 Å². The Labute approximate surface area is 180 Å². The molecule has 1 aliphatic heterocycles. The summed E-state index contributed by atoms with van der Waals surface area (Å²) < 4.78 is 11.6. The second kappa shape index (κ2) is 8.79. The highest BCUT2D eigenvalue weighted by Gasteiger charge is 2.36. The quantitative estimate of drug-likeness (QED) is 0.578. The third-order valence-corrected chi connectivity index (χ3v) is 5.70. The standard InChI is InChI=1S/C20H18Br2N2O4/c1-27-19(25)13-11-23(16-9-5-3-7-14(16)21)12-24(18(13)20(26)28-2)17-10-6-4-8-15(17)22/h3-10H,11-12H2,1-2H3. The first-order chi connectivity index (χ1) is 13.5. The van der Waals surface area contributed by atoms with Crippen molar-refractivity contribution in [1.29, 1.82) is 0 Å². The monoisotopic (exact) mass is 508 g/mol. The number of hydrogen-bond donors (Lipinski definition) is 0. The Morgan fingerprint density at radius 2 is 1.39 bits per heavy atom. The number of rotatable bonds is 4. The van der Waals surface area contributed by atoms with Gasteiger partial charge in [0.25, 0.3) is 0 Å². The van der Waals surface area contributed by atoms with Gasteiger partial charge in [-0.2, -0.15) is 0 Å². The van der Waals surface area contributed by atoms with Gasteiger partial charge < -0.3 is 19.3 Å². The molecule has 0 bridgehead atoms. The second-order valence-corrected chi connectivity index (χ2v) is 7.69. The number of halogens is 2. The van der Waals surface area contributed by atoms with Crippen molar-refractivity contribution in [2.75, 3.05) is 37.2 Å². The predicted molar refractivity (Wildman–Crippen MR) is 114 cm³/mol. The molecule has 0 unspecified atom stereocenters. The summed E-state index contributed by atoms with van der Waals surface area (Å²) >= 11 is 7.10. The fourth-order valence-corrected chi connectivity index (χ4v) is 4.11. The molecular weight excluding hydrogens is 492 g/mol. The normalized spacial score (nSPS) is 14.1. The molecule has 0 fully saturated rings. The molecule has 8 heteroatoms. The lowest BCUT2D eigenvalue weighted by atomic mass is 10.1. The summed E-state index contributed by atoms with van der Waals surface area (Å²) in [5, 5.41) is 0. The molecule has 28 heavy (non-hydrogen) atoms. The molecule has 6 nitrogen and oxygen atoms in total. The van der Waals surface area contributed by atoms with Gasteiger partial charge >= 0.3 is 11.9 Å². The van der Waals surface area contributed by atoms with Crippen molar-refractivity contribution in [3.05, 3.63) is 68.7 Å². The van der Waals surface area contributed by atoms with Crippen molar-refractivity contribution < 1.29 is 19.1 Å². The van der Waals surface area contributed by atoms with Crippen LogP contribution in [0.4, 0.5) is 11.4 Å². The molecule has 0 radical (unpaired) electrons.